The number of halogens is 3. The quantitative estimate of drug-likeness (QED) is 0.306. The molecule has 1 saturated carbocycles. The van der Waals surface area contributed by atoms with Crippen LogP contribution in [0.3, 0.4) is 0 Å². The molecule has 9 heteroatoms. The summed E-state index contributed by atoms with van der Waals surface area (Å²) in [7, 11) is 0. The van der Waals surface area contributed by atoms with Gasteiger partial charge in [0.2, 0.25) is 0 Å². The van der Waals surface area contributed by atoms with Gasteiger partial charge in [-0.1, -0.05) is 18.2 Å². The molecule has 5 rings (SSSR count). The highest BCUT2D eigenvalue weighted by atomic mass is 19.4. The van der Waals surface area contributed by atoms with E-state index in [9.17, 15) is 13.2 Å². The number of benzene rings is 2. The minimum Gasteiger partial charge on any atom is -0.354 e. The maximum Gasteiger partial charge on any atom is 0.416 e. The number of pyridine rings is 1. The number of fused-ring (bicyclic) bond motifs is 1. The zero-order valence-electron chi connectivity index (χ0n) is 18.3. The molecule has 0 saturated heterocycles. The van der Waals surface area contributed by atoms with Crippen LogP contribution in [0.1, 0.15) is 41.3 Å². The molecule has 1 aliphatic carbocycles. The fourth-order valence-electron chi connectivity index (χ4n) is 3.71. The largest absolute Gasteiger partial charge is 0.416 e. The highest BCUT2D eigenvalue weighted by Crippen LogP contribution is 2.41. The molecule has 34 heavy (non-hydrogen) atoms. The van der Waals surface area contributed by atoms with Gasteiger partial charge in [0.1, 0.15) is 6.54 Å². The molecule has 0 spiro atoms. The normalized spacial score (nSPS) is 14.1. The number of azo groups is 1. The summed E-state index contributed by atoms with van der Waals surface area (Å²) < 4.78 is 38.6. The van der Waals surface area contributed by atoms with Crippen LogP contribution in [0.15, 0.2) is 71.0 Å². The predicted molar refractivity (Wildman–Crippen MR) is 123 cm³/mol. The maximum atomic E-state index is 12.9. The Morgan fingerprint density at radius 2 is 1.85 bits per heavy atom. The Labute approximate surface area is 194 Å². The highest BCUT2D eigenvalue weighted by molar-refractivity contribution is 5.82. The lowest BCUT2D eigenvalue weighted by atomic mass is 10.1. The third-order valence-electron chi connectivity index (χ3n) is 5.64. The molecule has 172 valence electrons. The summed E-state index contributed by atoms with van der Waals surface area (Å²) in [6.45, 7) is 2.16. The number of hydrogen-bond acceptors (Lipinski definition) is 6. The Bertz CT molecular complexity index is 1360. The van der Waals surface area contributed by atoms with Gasteiger partial charge in [-0.05, 0) is 67.6 Å². The summed E-state index contributed by atoms with van der Waals surface area (Å²) in [6, 6.07) is 14.8. The third kappa shape index (κ3) is 5.03. The van der Waals surface area contributed by atoms with Gasteiger partial charge in [0.15, 0.2) is 0 Å². The predicted octanol–water partition coefficient (Wildman–Crippen LogP) is 7.26. The van der Waals surface area contributed by atoms with Crippen molar-refractivity contribution in [3.05, 3.63) is 83.3 Å². The topological polar surface area (TPSA) is 75.4 Å². The van der Waals surface area contributed by atoms with E-state index >= 15 is 0 Å². The molecular formula is C25H21F3N6. The molecule has 0 amide bonds. The highest BCUT2D eigenvalue weighted by Gasteiger charge is 2.30. The first kappa shape index (κ1) is 21.9. The minimum absolute atomic E-state index is 0.229. The monoisotopic (exact) mass is 462 g/mol. The average Bonchev–Trinajstić information content (AvgIpc) is 3.65. The number of nitrogens with zero attached hydrogens (tertiary/aromatic N) is 5. The van der Waals surface area contributed by atoms with Crippen LogP contribution in [0.4, 0.5) is 30.5 Å². The van der Waals surface area contributed by atoms with Crippen molar-refractivity contribution in [1.29, 1.82) is 0 Å². The van der Waals surface area contributed by atoms with Crippen LogP contribution >= 0.6 is 0 Å². The SMILES string of the molecule is Cc1nc(N=NCc2ccc(Nc3cccc(C(F)(F)F)c3)cn2)nc2cc(C3CC3)ccc12. The second-order valence-corrected chi connectivity index (χ2v) is 8.30. The van der Waals surface area contributed by atoms with E-state index in [1.807, 2.05) is 6.92 Å². The molecule has 1 N–H and O–H groups in total. The molecule has 2 aromatic heterocycles. The fraction of sp³-hybridized carbons (Fsp3) is 0.240. The fourth-order valence-corrected chi connectivity index (χ4v) is 3.71. The lowest BCUT2D eigenvalue weighted by Crippen LogP contribution is -2.05. The van der Waals surface area contributed by atoms with Crippen molar-refractivity contribution in [2.24, 2.45) is 10.2 Å². The molecule has 2 heterocycles. The van der Waals surface area contributed by atoms with Crippen molar-refractivity contribution in [3.8, 4) is 0 Å². The number of aromatic nitrogens is 3. The van der Waals surface area contributed by atoms with Gasteiger partial charge in [-0.3, -0.25) is 4.98 Å². The van der Waals surface area contributed by atoms with Crippen molar-refractivity contribution >= 4 is 28.2 Å². The van der Waals surface area contributed by atoms with E-state index < -0.39 is 11.7 Å². The van der Waals surface area contributed by atoms with E-state index in [1.54, 1.807) is 24.4 Å². The summed E-state index contributed by atoms with van der Waals surface area (Å²) in [6.07, 6.45) is -0.397. The standard InChI is InChI=1S/C25H21F3N6/c1-15-22-10-7-17(16-5-6-16)11-23(22)33-24(31-15)34-30-14-20-8-9-21(13-29-20)32-19-4-2-3-18(12-19)25(26,27)28/h2-4,7-13,16,32H,5-6,14H2,1H3. The molecular weight excluding hydrogens is 441 g/mol. The van der Waals surface area contributed by atoms with Crippen LogP contribution in [0.25, 0.3) is 10.9 Å². The number of alkyl halides is 3. The van der Waals surface area contributed by atoms with Crippen LogP contribution in [-0.2, 0) is 12.7 Å². The van der Waals surface area contributed by atoms with Gasteiger partial charge in [0.05, 0.1) is 34.4 Å². The second-order valence-electron chi connectivity index (χ2n) is 8.30. The molecule has 0 radical (unpaired) electrons. The molecule has 0 bridgehead atoms. The maximum absolute atomic E-state index is 12.9. The number of aryl methyl sites for hydroxylation is 1. The van der Waals surface area contributed by atoms with Gasteiger partial charge < -0.3 is 5.32 Å². The van der Waals surface area contributed by atoms with Crippen LogP contribution in [0.5, 0.6) is 0 Å². The van der Waals surface area contributed by atoms with Crippen LogP contribution in [-0.4, -0.2) is 15.0 Å². The number of nitrogens with one attached hydrogen (secondary N) is 1. The number of anilines is 2. The van der Waals surface area contributed by atoms with Gasteiger partial charge in [-0.2, -0.15) is 18.3 Å². The Hall–Kier alpha value is -3.88. The second kappa shape index (κ2) is 8.81. The Morgan fingerprint density at radius 1 is 1.00 bits per heavy atom. The first-order valence-electron chi connectivity index (χ1n) is 10.9. The molecule has 0 aliphatic heterocycles. The number of hydrogen-bond donors (Lipinski definition) is 1. The van der Waals surface area contributed by atoms with Gasteiger partial charge in [0.25, 0.3) is 5.95 Å². The van der Waals surface area contributed by atoms with Crippen LogP contribution in [0, 0.1) is 6.92 Å². The zero-order chi connectivity index (χ0) is 23.7. The van der Waals surface area contributed by atoms with E-state index in [4.69, 9.17) is 0 Å². The molecule has 1 aliphatic rings. The Morgan fingerprint density at radius 3 is 2.59 bits per heavy atom. The van der Waals surface area contributed by atoms with Crippen molar-refractivity contribution in [2.45, 2.75) is 38.4 Å². The first-order chi connectivity index (χ1) is 16.3. The Kier molecular flexibility index (Phi) is 5.69. The summed E-state index contributed by atoms with van der Waals surface area (Å²) in [5, 5.41) is 12.3. The molecule has 4 aromatic rings. The van der Waals surface area contributed by atoms with Crippen molar-refractivity contribution in [2.75, 3.05) is 5.32 Å². The van der Waals surface area contributed by atoms with Gasteiger partial charge in [-0.25, -0.2) is 9.97 Å². The minimum atomic E-state index is -4.39. The van der Waals surface area contributed by atoms with Crippen LogP contribution < -0.4 is 5.32 Å². The lowest BCUT2D eigenvalue weighted by Gasteiger charge is -2.10. The van der Waals surface area contributed by atoms with Gasteiger partial charge in [0, 0.05) is 11.1 Å². The number of rotatable bonds is 6. The summed E-state index contributed by atoms with van der Waals surface area (Å²) in [4.78, 5) is 13.3. The lowest BCUT2D eigenvalue weighted by molar-refractivity contribution is -0.137. The molecule has 1 fully saturated rings. The average molecular weight is 462 g/mol. The van der Waals surface area contributed by atoms with E-state index in [0.717, 1.165) is 28.7 Å². The third-order valence-corrected chi connectivity index (χ3v) is 5.64. The van der Waals surface area contributed by atoms with Crippen molar-refractivity contribution in [1.82, 2.24) is 15.0 Å². The molecule has 0 atom stereocenters. The van der Waals surface area contributed by atoms with E-state index in [2.05, 4.69) is 48.7 Å². The summed E-state index contributed by atoms with van der Waals surface area (Å²) in [5.41, 5.74) is 3.87. The molecule has 6 nitrogen and oxygen atoms in total. The van der Waals surface area contributed by atoms with Crippen molar-refractivity contribution in [3.63, 3.8) is 0 Å². The van der Waals surface area contributed by atoms with E-state index in [-0.39, 0.29) is 6.54 Å². The summed E-state index contributed by atoms with van der Waals surface area (Å²) >= 11 is 0. The zero-order valence-corrected chi connectivity index (χ0v) is 18.3. The van der Waals surface area contributed by atoms with E-state index in [1.165, 1.54) is 24.5 Å². The molecule has 0 unspecified atom stereocenters. The van der Waals surface area contributed by atoms with Gasteiger partial charge >= 0.3 is 6.18 Å². The van der Waals surface area contributed by atoms with E-state index in [0.29, 0.717) is 28.9 Å². The van der Waals surface area contributed by atoms with Gasteiger partial charge in [-0.15, -0.1) is 5.11 Å². The van der Waals surface area contributed by atoms with Crippen LogP contribution in [0.2, 0.25) is 0 Å². The Balaban J connectivity index is 1.25. The summed E-state index contributed by atoms with van der Waals surface area (Å²) in [5.74, 6) is 0.947. The van der Waals surface area contributed by atoms with Crippen molar-refractivity contribution < 1.29 is 13.2 Å². The smallest absolute Gasteiger partial charge is 0.354 e. The first-order valence-corrected chi connectivity index (χ1v) is 10.9. The molecule has 2 aromatic carbocycles.